The lowest BCUT2D eigenvalue weighted by atomic mass is 10.1. The Hall–Kier alpha value is -0.850. The van der Waals surface area contributed by atoms with Crippen LogP contribution in [0.15, 0.2) is 28.9 Å². The molecule has 0 saturated heterocycles. The fraction of sp³-hybridized carbons (Fsp3) is 0.500. The molecular formula is C10H17N. The third-order valence-electron chi connectivity index (χ3n) is 1.28. The lowest BCUT2D eigenvalue weighted by molar-refractivity contribution is 0.663. The van der Waals surface area contributed by atoms with Crippen molar-refractivity contribution in [2.45, 2.75) is 27.2 Å². The van der Waals surface area contributed by atoms with Gasteiger partial charge in [-0.05, 0) is 31.6 Å². The topological polar surface area (TPSA) is 12.4 Å². The summed E-state index contributed by atoms with van der Waals surface area (Å²) in [5.74, 6) is 0.732. The van der Waals surface area contributed by atoms with Crippen LogP contribution in [0.25, 0.3) is 0 Å². The first-order valence-electron chi connectivity index (χ1n) is 3.96. The molecule has 0 aromatic rings. The third-order valence-corrected chi connectivity index (χ3v) is 1.28. The van der Waals surface area contributed by atoms with Crippen LogP contribution >= 0.6 is 0 Å². The second-order valence-electron chi connectivity index (χ2n) is 3.09. The molecule has 0 rings (SSSR count). The molecule has 11 heavy (non-hydrogen) atoms. The van der Waals surface area contributed by atoms with Gasteiger partial charge in [0.05, 0.1) is 0 Å². The first kappa shape index (κ1) is 10.2. The minimum atomic E-state index is 0.732. The van der Waals surface area contributed by atoms with E-state index < -0.39 is 0 Å². The Morgan fingerprint density at radius 2 is 2.18 bits per heavy atom. The van der Waals surface area contributed by atoms with E-state index >= 15 is 0 Å². The Morgan fingerprint density at radius 3 is 2.64 bits per heavy atom. The predicted octanol–water partition coefficient (Wildman–Crippen LogP) is 3.19. The fourth-order valence-corrected chi connectivity index (χ4v) is 0.713. The van der Waals surface area contributed by atoms with Crippen LogP contribution in [0.5, 0.6) is 0 Å². The van der Waals surface area contributed by atoms with E-state index in [2.05, 4.69) is 37.7 Å². The summed E-state index contributed by atoms with van der Waals surface area (Å²) in [6.45, 7) is 9.81. The van der Waals surface area contributed by atoms with Gasteiger partial charge in [0, 0.05) is 6.20 Å². The normalized spacial score (nSPS) is 12.9. The van der Waals surface area contributed by atoms with E-state index in [4.69, 9.17) is 0 Å². The van der Waals surface area contributed by atoms with Gasteiger partial charge in [-0.3, -0.25) is 4.99 Å². The maximum Gasteiger partial charge on any atom is 0.0289 e. The number of aliphatic imine (C=N–C) groups is 1. The molecule has 0 atom stereocenters. The Balaban J connectivity index is 3.73. The number of hydrogen-bond acceptors (Lipinski definition) is 1. The van der Waals surface area contributed by atoms with E-state index in [1.54, 1.807) is 6.20 Å². The summed E-state index contributed by atoms with van der Waals surface area (Å²) in [5.41, 5.74) is 1.15. The van der Waals surface area contributed by atoms with Crippen LogP contribution in [0, 0.1) is 5.92 Å². The molecule has 62 valence electrons. The molecule has 0 aliphatic rings. The van der Waals surface area contributed by atoms with Crippen molar-refractivity contribution in [3.05, 3.63) is 23.9 Å². The summed E-state index contributed by atoms with van der Waals surface area (Å²) in [5, 5.41) is 0. The van der Waals surface area contributed by atoms with Gasteiger partial charge in [-0.2, -0.15) is 0 Å². The van der Waals surface area contributed by atoms with Crippen LogP contribution in [-0.4, -0.2) is 6.72 Å². The SMILES string of the molecule is C=N/C=C(C)\C=C/CC(C)C. The molecule has 1 nitrogen and oxygen atoms in total. The molecule has 0 unspecified atom stereocenters. The summed E-state index contributed by atoms with van der Waals surface area (Å²) in [6.07, 6.45) is 7.13. The zero-order valence-electron chi connectivity index (χ0n) is 7.67. The summed E-state index contributed by atoms with van der Waals surface area (Å²) in [7, 11) is 0. The van der Waals surface area contributed by atoms with Crippen molar-refractivity contribution in [3.63, 3.8) is 0 Å². The smallest absolute Gasteiger partial charge is 0.0289 e. The molecule has 0 radical (unpaired) electrons. The molecule has 0 aromatic carbocycles. The van der Waals surface area contributed by atoms with Crippen molar-refractivity contribution in [3.8, 4) is 0 Å². The lowest BCUT2D eigenvalue weighted by Gasteiger charge is -1.96. The van der Waals surface area contributed by atoms with Crippen LogP contribution < -0.4 is 0 Å². The van der Waals surface area contributed by atoms with Crippen molar-refractivity contribution in [2.24, 2.45) is 10.9 Å². The zero-order chi connectivity index (χ0) is 8.69. The molecule has 0 heterocycles. The molecule has 0 N–H and O–H groups in total. The standard InChI is InChI=1S/C10H17N/c1-9(2)6-5-7-10(3)8-11-4/h5,7-9H,4,6H2,1-3H3/b7-5-,10-8-. The average molecular weight is 151 g/mol. The summed E-state index contributed by atoms with van der Waals surface area (Å²) < 4.78 is 0. The van der Waals surface area contributed by atoms with Gasteiger partial charge >= 0.3 is 0 Å². The van der Waals surface area contributed by atoms with Crippen LogP contribution in [-0.2, 0) is 0 Å². The van der Waals surface area contributed by atoms with Gasteiger partial charge in [0.15, 0.2) is 0 Å². The molecule has 0 aromatic heterocycles. The number of nitrogens with zero attached hydrogens (tertiary/aromatic N) is 1. The average Bonchev–Trinajstić information content (AvgIpc) is 1.87. The fourth-order valence-electron chi connectivity index (χ4n) is 0.713. The maximum atomic E-state index is 3.67. The van der Waals surface area contributed by atoms with Crippen LogP contribution in [0.1, 0.15) is 27.2 Å². The monoisotopic (exact) mass is 151 g/mol. The highest BCUT2D eigenvalue weighted by molar-refractivity contribution is 5.28. The summed E-state index contributed by atoms with van der Waals surface area (Å²) >= 11 is 0. The van der Waals surface area contributed by atoms with Crippen LogP contribution in [0.3, 0.4) is 0 Å². The van der Waals surface area contributed by atoms with E-state index in [0.717, 1.165) is 17.9 Å². The van der Waals surface area contributed by atoms with Crippen molar-refractivity contribution < 1.29 is 0 Å². The van der Waals surface area contributed by atoms with E-state index in [-0.39, 0.29) is 0 Å². The second-order valence-corrected chi connectivity index (χ2v) is 3.09. The van der Waals surface area contributed by atoms with Crippen LogP contribution in [0.4, 0.5) is 0 Å². The van der Waals surface area contributed by atoms with Crippen molar-refractivity contribution in [1.29, 1.82) is 0 Å². The highest BCUT2D eigenvalue weighted by Gasteiger charge is 1.86. The van der Waals surface area contributed by atoms with E-state index in [9.17, 15) is 0 Å². The molecule has 0 aliphatic heterocycles. The Morgan fingerprint density at radius 1 is 1.55 bits per heavy atom. The van der Waals surface area contributed by atoms with Gasteiger partial charge in [0.2, 0.25) is 0 Å². The summed E-state index contributed by atoms with van der Waals surface area (Å²) in [4.78, 5) is 3.67. The van der Waals surface area contributed by atoms with Gasteiger partial charge in [0.25, 0.3) is 0 Å². The number of allylic oxidation sites excluding steroid dienone is 3. The van der Waals surface area contributed by atoms with Crippen molar-refractivity contribution >= 4 is 6.72 Å². The number of hydrogen-bond donors (Lipinski definition) is 0. The molecule has 0 spiro atoms. The first-order valence-corrected chi connectivity index (χ1v) is 3.96. The molecule has 0 aliphatic carbocycles. The van der Waals surface area contributed by atoms with E-state index in [1.165, 1.54) is 0 Å². The Kier molecular flexibility index (Phi) is 5.44. The quantitative estimate of drug-likeness (QED) is 0.432. The maximum absolute atomic E-state index is 3.67. The van der Waals surface area contributed by atoms with E-state index in [1.807, 2.05) is 6.92 Å². The molecule has 0 saturated carbocycles. The van der Waals surface area contributed by atoms with Gasteiger partial charge < -0.3 is 0 Å². The van der Waals surface area contributed by atoms with E-state index in [0.29, 0.717) is 0 Å². The minimum Gasteiger partial charge on any atom is -0.272 e. The minimum absolute atomic E-state index is 0.732. The lowest BCUT2D eigenvalue weighted by Crippen LogP contribution is -1.81. The highest BCUT2D eigenvalue weighted by Crippen LogP contribution is 2.02. The number of rotatable bonds is 4. The van der Waals surface area contributed by atoms with Gasteiger partial charge in [-0.1, -0.05) is 26.0 Å². The van der Waals surface area contributed by atoms with Crippen LogP contribution in [0.2, 0.25) is 0 Å². The highest BCUT2D eigenvalue weighted by atomic mass is 14.6. The van der Waals surface area contributed by atoms with Gasteiger partial charge in [-0.25, -0.2) is 0 Å². The first-order chi connectivity index (χ1) is 5.16. The summed E-state index contributed by atoms with van der Waals surface area (Å²) in [6, 6.07) is 0. The largest absolute Gasteiger partial charge is 0.272 e. The molecule has 1 heteroatoms. The van der Waals surface area contributed by atoms with Gasteiger partial charge in [-0.15, -0.1) is 0 Å². The zero-order valence-corrected chi connectivity index (χ0v) is 7.67. The van der Waals surface area contributed by atoms with Crippen molar-refractivity contribution in [1.82, 2.24) is 0 Å². The molecule has 0 amide bonds. The molecule has 0 bridgehead atoms. The molecule has 0 fully saturated rings. The predicted molar refractivity (Wildman–Crippen MR) is 51.9 cm³/mol. The van der Waals surface area contributed by atoms with Crippen molar-refractivity contribution in [2.75, 3.05) is 0 Å². The second kappa shape index (κ2) is 5.90. The third kappa shape index (κ3) is 7.04. The Bertz CT molecular complexity index is 164. The van der Waals surface area contributed by atoms with Gasteiger partial charge in [0.1, 0.15) is 0 Å². The Labute approximate surface area is 69.5 Å². The molecular weight excluding hydrogens is 134 g/mol.